The SMILES string of the molecule is Fc1ccc([B]c2ccc(F)c(C(F)(F)F)c2F)c(F)c1C(F)(F)F. The average Bonchev–Trinajstić information content (AvgIpc) is 2.41. The fraction of sp³-hybridized carbons (Fsp3) is 0.143. The molecule has 0 bridgehead atoms. The highest BCUT2D eigenvalue weighted by Crippen LogP contribution is 2.34. The van der Waals surface area contributed by atoms with Crippen molar-refractivity contribution in [3.05, 3.63) is 58.7 Å². The van der Waals surface area contributed by atoms with Gasteiger partial charge >= 0.3 is 12.4 Å². The van der Waals surface area contributed by atoms with Gasteiger partial charge in [0.2, 0.25) is 0 Å². The van der Waals surface area contributed by atoms with Crippen LogP contribution in [-0.4, -0.2) is 7.28 Å². The van der Waals surface area contributed by atoms with Gasteiger partial charge in [-0.05, 0) is 23.1 Å². The summed E-state index contributed by atoms with van der Waals surface area (Å²) in [7, 11) is 0.286. The van der Waals surface area contributed by atoms with E-state index in [1.165, 1.54) is 0 Å². The zero-order valence-electron chi connectivity index (χ0n) is 11.7. The van der Waals surface area contributed by atoms with Crippen LogP contribution in [0, 0.1) is 23.3 Å². The molecule has 0 aromatic heterocycles. The molecule has 0 N–H and O–H groups in total. The van der Waals surface area contributed by atoms with Crippen LogP contribution in [0.3, 0.4) is 0 Å². The molecule has 0 fully saturated rings. The highest BCUT2D eigenvalue weighted by molar-refractivity contribution is 6.67. The van der Waals surface area contributed by atoms with E-state index in [0.29, 0.717) is 12.1 Å². The Balaban J connectivity index is 2.56. The van der Waals surface area contributed by atoms with Crippen LogP contribution in [0.1, 0.15) is 11.1 Å². The highest BCUT2D eigenvalue weighted by atomic mass is 19.4. The summed E-state index contributed by atoms with van der Waals surface area (Å²) < 4.78 is 130. The van der Waals surface area contributed by atoms with Crippen molar-refractivity contribution in [3.63, 3.8) is 0 Å². The second-order valence-electron chi connectivity index (χ2n) is 4.79. The van der Waals surface area contributed by atoms with Gasteiger partial charge in [0.05, 0.1) is 0 Å². The number of halogens is 10. The van der Waals surface area contributed by atoms with E-state index in [2.05, 4.69) is 0 Å². The summed E-state index contributed by atoms with van der Waals surface area (Å²) in [5.41, 5.74) is -6.60. The fourth-order valence-corrected chi connectivity index (χ4v) is 2.05. The Labute approximate surface area is 134 Å². The molecule has 0 saturated carbocycles. The van der Waals surface area contributed by atoms with Gasteiger partial charge in [0.25, 0.3) is 0 Å². The van der Waals surface area contributed by atoms with Gasteiger partial charge in [-0.15, -0.1) is 0 Å². The first-order valence-corrected chi connectivity index (χ1v) is 6.29. The van der Waals surface area contributed by atoms with Crippen molar-refractivity contribution in [2.75, 3.05) is 0 Å². The Morgan fingerprint density at radius 1 is 0.560 bits per heavy atom. The molecule has 2 aromatic rings. The normalized spacial score (nSPS) is 12.4. The molecule has 0 aliphatic carbocycles. The van der Waals surface area contributed by atoms with Crippen molar-refractivity contribution in [2.45, 2.75) is 12.4 Å². The minimum atomic E-state index is -5.42. The zero-order valence-corrected chi connectivity index (χ0v) is 11.7. The predicted octanol–water partition coefficient (Wildman–Crippen LogP) is 3.94. The van der Waals surface area contributed by atoms with E-state index in [4.69, 9.17) is 0 Å². The van der Waals surface area contributed by atoms with Gasteiger partial charge in [0.15, 0.2) is 7.28 Å². The monoisotopic (exact) mass is 373 g/mol. The van der Waals surface area contributed by atoms with Gasteiger partial charge in [-0.1, -0.05) is 12.1 Å². The van der Waals surface area contributed by atoms with E-state index >= 15 is 0 Å². The van der Waals surface area contributed by atoms with Crippen molar-refractivity contribution < 1.29 is 43.9 Å². The molecule has 1 radical (unpaired) electrons. The second kappa shape index (κ2) is 6.27. The Morgan fingerprint density at radius 2 is 0.880 bits per heavy atom. The number of benzene rings is 2. The number of alkyl halides is 6. The predicted molar refractivity (Wildman–Crippen MR) is 67.7 cm³/mol. The lowest BCUT2D eigenvalue weighted by atomic mass is 9.62. The lowest BCUT2D eigenvalue weighted by Crippen LogP contribution is -2.35. The van der Waals surface area contributed by atoms with Crippen molar-refractivity contribution in [2.24, 2.45) is 0 Å². The molecular weight excluding hydrogens is 369 g/mol. The third-order valence-electron chi connectivity index (χ3n) is 3.12. The van der Waals surface area contributed by atoms with Crippen LogP contribution in [-0.2, 0) is 12.4 Å². The van der Waals surface area contributed by atoms with Crippen LogP contribution in [0.25, 0.3) is 0 Å². The summed E-state index contributed by atoms with van der Waals surface area (Å²) in [5, 5.41) is 0. The molecule has 0 heterocycles. The van der Waals surface area contributed by atoms with Crippen LogP contribution in [0.2, 0.25) is 0 Å². The molecule has 2 rings (SSSR count). The van der Waals surface area contributed by atoms with Crippen molar-refractivity contribution >= 4 is 18.2 Å². The van der Waals surface area contributed by atoms with E-state index in [1.54, 1.807) is 0 Å². The molecule has 0 aliphatic rings. The molecule has 0 unspecified atom stereocenters. The maximum Gasteiger partial charge on any atom is 0.422 e. The van der Waals surface area contributed by atoms with Crippen molar-refractivity contribution in [3.8, 4) is 0 Å². The van der Waals surface area contributed by atoms with Crippen molar-refractivity contribution in [1.29, 1.82) is 0 Å². The molecule has 0 spiro atoms. The Kier molecular flexibility index (Phi) is 4.80. The van der Waals surface area contributed by atoms with E-state index in [1.807, 2.05) is 0 Å². The largest absolute Gasteiger partial charge is 0.422 e. The third kappa shape index (κ3) is 3.74. The smallest absolute Gasteiger partial charge is 0.207 e. The Morgan fingerprint density at radius 3 is 1.16 bits per heavy atom. The summed E-state index contributed by atoms with van der Waals surface area (Å²) in [4.78, 5) is 0. The topological polar surface area (TPSA) is 0 Å². The van der Waals surface area contributed by atoms with Crippen LogP contribution < -0.4 is 10.9 Å². The third-order valence-corrected chi connectivity index (χ3v) is 3.12. The molecule has 0 nitrogen and oxygen atoms in total. The van der Waals surface area contributed by atoms with E-state index < -0.39 is 57.7 Å². The maximum atomic E-state index is 13.9. The molecular formula is C14H4BF10. The van der Waals surface area contributed by atoms with Crippen LogP contribution >= 0.6 is 0 Å². The zero-order chi connectivity index (χ0) is 19.2. The highest BCUT2D eigenvalue weighted by Gasteiger charge is 2.40. The lowest BCUT2D eigenvalue weighted by molar-refractivity contribution is -0.143. The summed E-state index contributed by atoms with van der Waals surface area (Å²) in [6.07, 6.45) is -10.8. The summed E-state index contributed by atoms with van der Waals surface area (Å²) >= 11 is 0. The summed E-state index contributed by atoms with van der Waals surface area (Å²) in [5.74, 6) is -8.16. The summed E-state index contributed by atoms with van der Waals surface area (Å²) in [6, 6.07) is 1.42. The Hall–Kier alpha value is -2.20. The number of hydrogen-bond acceptors (Lipinski definition) is 0. The number of rotatable bonds is 2. The average molecular weight is 373 g/mol. The molecule has 133 valence electrons. The molecule has 0 amide bonds. The van der Waals surface area contributed by atoms with Gasteiger partial charge < -0.3 is 0 Å². The van der Waals surface area contributed by atoms with Gasteiger partial charge in [-0.25, -0.2) is 17.6 Å². The molecule has 25 heavy (non-hydrogen) atoms. The Bertz CT molecular complexity index is 739. The van der Waals surface area contributed by atoms with Crippen LogP contribution in [0.15, 0.2) is 24.3 Å². The minimum Gasteiger partial charge on any atom is -0.207 e. The van der Waals surface area contributed by atoms with Gasteiger partial charge in [-0.3, -0.25) is 0 Å². The fourth-order valence-electron chi connectivity index (χ4n) is 2.05. The van der Waals surface area contributed by atoms with Gasteiger partial charge in [-0.2, -0.15) is 26.3 Å². The minimum absolute atomic E-state index is 0.226. The van der Waals surface area contributed by atoms with E-state index in [0.717, 1.165) is 0 Å². The first kappa shape index (κ1) is 19.1. The first-order chi connectivity index (χ1) is 11.3. The molecule has 0 saturated heterocycles. The molecule has 0 atom stereocenters. The second-order valence-corrected chi connectivity index (χ2v) is 4.79. The van der Waals surface area contributed by atoms with Gasteiger partial charge in [0.1, 0.15) is 34.4 Å². The maximum absolute atomic E-state index is 13.9. The van der Waals surface area contributed by atoms with E-state index in [-0.39, 0.29) is 19.4 Å². The molecule has 2 aromatic carbocycles. The van der Waals surface area contributed by atoms with Crippen molar-refractivity contribution in [1.82, 2.24) is 0 Å². The quantitative estimate of drug-likeness (QED) is 0.553. The first-order valence-electron chi connectivity index (χ1n) is 6.29. The summed E-state index contributed by atoms with van der Waals surface area (Å²) in [6.45, 7) is 0. The number of hydrogen-bond donors (Lipinski definition) is 0. The standard InChI is InChI=1S/C14H4BF10/c16-7-3-1-5(11(18)9(7)13(20,21)22)15-6-2-4-8(17)10(12(6)19)14(23,24)25/h1-4H. The van der Waals surface area contributed by atoms with Gasteiger partial charge in [0, 0.05) is 0 Å². The molecule has 0 aliphatic heterocycles. The van der Waals surface area contributed by atoms with Crippen LogP contribution in [0.4, 0.5) is 43.9 Å². The molecule has 11 heteroatoms. The lowest BCUT2D eigenvalue weighted by Gasteiger charge is -2.14. The van der Waals surface area contributed by atoms with E-state index in [9.17, 15) is 43.9 Å². The van der Waals surface area contributed by atoms with Crippen LogP contribution in [0.5, 0.6) is 0 Å².